The fourth-order valence-electron chi connectivity index (χ4n) is 2.72. The molecule has 0 spiro atoms. The lowest BCUT2D eigenvalue weighted by atomic mass is 10.0. The van der Waals surface area contributed by atoms with Crippen LogP contribution in [0.1, 0.15) is 31.0 Å². The lowest BCUT2D eigenvalue weighted by Gasteiger charge is -2.22. The van der Waals surface area contributed by atoms with Gasteiger partial charge in [-0.1, -0.05) is 0 Å². The van der Waals surface area contributed by atoms with E-state index in [4.69, 9.17) is 19.8 Å². The first-order chi connectivity index (χ1) is 14.8. The van der Waals surface area contributed by atoms with E-state index in [0.717, 1.165) is 0 Å². The number of hydrogen-bond acceptors (Lipinski definition) is 7. The Labute approximate surface area is 178 Å². The fourth-order valence-corrected chi connectivity index (χ4v) is 2.72. The standard InChI is InChI=1S/C21H21N3O7/c1-3-30-16-9-14(15(10-17(16)31-4-2)24-19(25)21(28)29)18(20(26)27)23-13-7-5-12(11-22)6-8-13/h5-10,18,23H,3-4H2,1-2H3,(H,24,25)(H,26,27)(H,28,29). The van der Waals surface area contributed by atoms with Crippen molar-refractivity contribution in [3.63, 3.8) is 0 Å². The van der Waals surface area contributed by atoms with E-state index in [9.17, 15) is 19.5 Å². The van der Waals surface area contributed by atoms with Crippen LogP contribution in [0.2, 0.25) is 0 Å². The summed E-state index contributed by atoms with van der Waals surface area (Å²) in [5.41, 5.74) is 0.784. The van der Waals surface area contributed by atoms with E-state index in [1.165, 1.54) is 36.4 Å². The van der Waals surface area contributed by atoms with Crippen LogP contribution in [-0.2, 0) is 14.4 Å². The highest BCUT2D eigenvalue weighted by Crippen LogP contribution is 2.38. The van der Waals surface area contributed by atoms with Gasteiger partial charge in [-0.05, 0) is 44.2 Å². The fraction of sp³-hybridized carbons (Fsp3) is 0.238. The van der Waals surface area contributed by atoms with Gasteiger partial charge >= 0.3 is 17.8 Å². The molecule has 0 radical (unpaired) electrons. The van der Waals surface area contributed by atoms with Crippen molar-refractivity contribution in [1.29, 1.82) is 5.26 Å². The first kappa shape index (κ1) is 23.0. The van der Waals surface area contributed by atoms with Crippen LogP contribution in [0.15, 0.2) is 36.4 Å². The molecule has 2 rings (SSSR count). The van der Waals surface area contributed by atoms with Gasteiger partial charge in [0.2, 0.25) is 0 Å². The summed E-state index contributed by atoms with van der Waals surface area (Å²) in [6.07, 6.45) is 0. The molecule has 0 bridgehead atoms. The zero-order valence-electron chi connectivity index (χ0n) is 16.8. The average Bonchev–Trinajstić information content (AvgIpc) is 2.74. The van der Waals surface area contributed by atoms with Crippen LogP contribution < -0.4 is 20.1 Å². The summed E-state index contributed by atoms with van der Waals surface area (Å²) >= 11 is 0. The number of nitrogens with one attached hydrogen (secondary N) is 2. The topological polar surface area (TPSA) is 158 Å². The molecule has 0 saturated heterocycles. The van der Waals surface area contributed by atoms with E-state index >= 15 is 0 Å². The molecule has 0 saturated carbocycles. The highest BCUT2D eigenvalue weighted by atomic mass is 16.5. The number of hydrogen-bond donors (Lipinski definition) is 4. The summed E-state index contributed by atoms with van der Waals surface area (Å²) in [7, 11) is 0. The predicted molar refractivity (Wildman–Crippen MR) is 110 cm³/mol. The van der Waals surface area contributed by atoms with Crippen molar-refractivity contribution in [1.82, 2.24) is 0 Å². The van der Waals surface area contributed by atoms with E-state index < -0.39 is 23.9 Å². The first-order valence-electron chi connectivity index (χ1n) is 9.28. The number of amides is 1. The van der Waals surface area contributed by atoms with E-state index in [1.807, 2.05) is 6.07 Å². The van der Waals surface area contributed by atoms with Gasteiger partial charge in [-0.2, -0.15) is 5.26 Å². The number of nitriles is 1. The Kier molecular flexibility index (Phi) is 7.80. The van der Waals surface area contributed by atoms with Crippen LogP contribution in [0.25, 0.3) is 0 Å². The molecule has 4 N–H and O–H groups in total. The smallest absolute Gasteiger partial charge is 0.394 e. The van der Waals surface area contributed by atoms with Crippen molar-refractivity contribution in [2.75, 3.05) is 23.8 Å². The van der Waals surface area contributed by atoms with Crippen LogP contribution in [0.5, 0.6) is 11.5 Å². The molecule has 2 aromatic rings. The number of carboxylic acids is 2. The molecule has 0 heterocycles. The largest absolute Gasteiger partial charge is 0.490 e. The van der Waals surface area contributed by atoms with Gasteiger partial charge in [0.15, 0.2) is 17.5 Å². The molecule has 0 aliphatic heterocycles. The van der Waals surface area contributed by atoms with E-state index in [1.54, 1.807) is 13.8 Å². The minimum absolute atomic E-state index is 0.0540. The number of rotatable bonds is 9. The monoisotopic (exact) mass is 427 g/mol. The minimum atomic E-state index is -1.73. The Balaban J connectivity index is 2.58. The molecule has 0 fully saturated rings. The Morgan fingerprint density at radius 1 is 1.03 bits per heavy atom. The third kappa shape index (κ3) is 5.86. The molecule has 1 atom stereocenters. The maximum atomic E-state index is 12.1. The second kappa shape index (κ2) is 10.5. The summed E-state index contributed by atoms with van der Waals surface area (Å²) in [4.78, 5) is 34.9. The van der Waals surface area contributed by atoms with Crippen molar-refractivity contribution in [3.05, 3.63) is 47.5 Å². The van der Waals surface area contributed by atoms with Crippen molar-refractivity contribution in [2.45, 2.75) is 19.9 Å². The molecule has 31 heavy (non-hydrogen) atoms. The molecule has 0 aliphatic carbocycles. The van der Waals surface area contributed by atoms with Crippen LogP contribution in [0.4, 0.5) is 11.4 Å². The lowest BCUT2D eigenvalue weighted by Crippen LogP contribution is -2.26. The summed E-state index contributed by atoms with van der Waals surface area (Å²) in [6, 6.07) is 9.36. The number of carboxylic acid groups (broad SMARTS) is 2. The highest BCUT2D eigenvalue weighted by Gasteiger charge is 2.27. The molecule has 0 aromatic heterocycles. The molecule has 2 aromatic carbocycles. The number of carbonyl (C=O) groups is 3. The normalized spacial score (nSPS) is 11.0. The zero-order chi connectivity index (χ0) is 23.0. The zero-order valence-corrected chi connectivity index (χ0v) is 16.8. The van der Waals surface area contributed by atoms with Gasteiger partial charge in [-0.25, -0.2) is 9.59 Å². The first-order valence-corrected chi connectivity index (χ1v) is 9.28. The van der Waals surface area contributed by atoms with Crippen molar-refractivity contribution in [2.24, 2.45) is 0 Å². The summed E-state index contributed by atoms with van der Waals surface area (Å²) < 4.78 is 11.0. The van der Waals surface area contributed by atoms with Gasteiger partial charge in [0, 0.05) is 17.3 Å². The molecule has 10 heteroatoms. The average molecular weight is 427 g/mol. The quantitative estimate of drug-likeness (QED) is 0.441. The Hall–Kier alpha value is -4.26. The van der Waals surface area contributed by atoms with Gasteiger partial charge < -0.3 is 30.3 Å². The number of anilines is 2. The minimum Gasteiger partial charge on any atom is -0.490 e. The number of ether oxygens (including phenoxy) is 2. The van der Waals surface area contributed by atoms with Crippen LogP contribution in [-0.4, -0.2) is 41.3 Å². The number of nitrogens with zero attached hydrogens (tertiary/aromatic N) is 1. The number of benzene rings is 2. The maximum absolute atomic E-state index is 12.1. The summed E-state index contributed by atoms with van der Waals surface area (Å²) in [5, 5.41) is 32.7. The predicted octanol–water partition coefficient (Wildman–Crippen LogP) is 2.62. The number of aliphatic carboxylic acids is 2. The van der Waals surface area contributed by atoms with Crippen molar-refractivity contribution >= 4 is 29.2 Å². The second-order valence-corrected chi connectivity index (χ2v) is 6.12. The second-order valence-electron chi connectivity index (χ2n) is 6.12. The van der Waals surface area contributed by atoms with Crippen molar-refractivity contribution < 1.29 is 34.1 Å². The molecule has 162 valence electrons. The SMILES string of the molecule is CCOc1cc(NC(=O)C(=O)O)c(C(Nc2ccc(C#N)cc2)C(=O)O)cc1OCC. The van der Waals surface area contributed by atoms with E-state index in [0.29, 0.717) is 11.3 Å². The van der Waals surface area contributed by atoms with Crippen LogP contribution in [0.3, 0.4) is 0 Å². The molecule has 10 nitrogen and oxygen atoms in total. The Morgan fingerprint density at radius 3 is 2.10 bits per heavy atom. The number of carbonyl (C=O) groups excluding carboxylic acids is 1. The lowest BCUT2D eigenvalue weighted by molar-refractivity contribution is -0.147. The maximum Gasteiger partial charge on any atom is 0.394 e. The van der Waals surface area contributed by atoms with Crippen molar-refractivity contribution in [3.8, 4) is 17.6 Å². The Morgan fingerprint density at radius 2 is 1.61 bits per heavy atom. The molecular weight excluding hydrogens is 406 g/mol. The van der Waals surface area contributed by atoms with Gasteiger partial charge in [-0.3, -0.25) is 4.79 Å². The van der Waals surface area contributed by atoms with Gasteiger partial charge in [0.25, 0.3) is 0 Å². The molecule has 1 amide bonds. The van der Waals surface area contributed by atoms with Gasteiger partial charge in [0.1, 0.15) is 0 Å². The van der Waals surface area contributed by atoms with E-state index in [2.05, 4.69) is 10.6 Å². The molecule has 0 aliphatic rings. The molecular formula is C21H21N3O7. The van der Waals surface area contributed by atoms with Crippen LogP contribution >= 0.6 is 0 Å². The molecule has 1 unspecified atom stereocenters. The van der Waals surface area contributed by atoms with Crippen LogP contribution in [0, 0.1) is 11.3 Å². The third-order valence-corrected chi connectivity index (χ3v) is 4.04. The highest BCUT2D eigenvalue weighted by molar-refractivity contribution is 6.36. The van der Waals surface area contributed by atoms with E-state index in [-0.39, 0.29) is 36.0 Å². The summed E-state index contributed by atoms with van der Waals surface area (Å²) in [6.45, 7) is 3.99. The third-order valence-electron chi connectivity index (χ3n) is 4.04. The van der Waals surface area contributed by atoms with Gasteiger partial charge in [0.05, 0.1) is 30.5 Å². The summed E-state index contributed by atoms with van der Waals surface area (Å²) in [5.74, 6) is -3.90. The Bertz CT molecular complexity index is 1010. The van der Waals surface area contributed by atoms with Gasteiger partial charge in [-0.15, -0.1) is 0 Å².